The van der Waals surface area contributed by atoms with Crippen molar-refractivity contribution in [1.82, 2.24) is 20.1 Å². The number of hydrogen-bond donors (Lipinski definition) is 2. The topological polar surface area (TPSA) is 81.1 Å². The van der Waals surface area contributed by atoms with Crippen LogP contribution in [0.2, 0.25) is 0 Å². The molecule has 6 nitrogen and oxygen atoms in total. The Hall–Kier alpha value is -2.37. The van der Waals surface area contributed by atoms with E-state index in [2.05, 4.69) is 20.5 Å². The Bertz CT molecular complexity index is 626. The molecule has 2 aromatic rings. The number of nitrogens with one attached hydrogen (secondary N) is 1. The zero-order valence-corrected chi connectivity index (χ0v) is 13.4. The number of aromatic nitrogens is 3. The first-order chi connectivity index (χ1) is 11.3. The monoisotopic (exact) mass is 312 g/mol. The molecule has 1 fully saturated rings. The fourth-order valence-corrected chi connectivity index (χ4v) is 3.01. The summed E-state index contributed by atoms with van der Waals surface area (Å²) in [6.07, 6.45) is 9.26. The number of rotatable bonds is 4. The smallest absolute Gasteiger partial charge is 0.189 e. The van der Waals surface area contributed by atoms with Crippen LogP contribution in [0.3, 0.4) is 0 Å². The standard InChI is InChI=1S/C17H24N6/c18-17(21-14-8-4-1-2-5-9-14)19-12-16-22-20-13-23(16)15-10-6-3-7-11-15/h3,6-7,10-11,13-14H,1-2,4-5,8-9,12H2,(H3,18,19,21). The van der Waals surface area contributed by atoms with Crippen molar-refractivity contribution in [2.45, 2.75) is 51.1 Å². The largest absolute Gasteiger partial charge is 0.370 e. The van der Waals surface area contributed by atoms with Crippen molar-refractivity contribution in [3.63, 3.8) is 0 Å². The highest BCUT2D eigenvalue weighted by Crippen LogP contribution is 2.17. The minimum atomic E-state index is 0.417. The van der Waals surface area contributed by atoms with Gasteiger partial charge in [-0.25, -0.2) is 4.99 Å². The Kier molecular flexibility index (Phi) is 5.24. The van der Waals surface area contributed by atoms with E-state index >= 15 is 0 Å². The predicted molar refractivity (Wildman–Crippen MR) is 91.3 cm³/mol. The predicted octanol–water partition coefficient (Wildman–Crippen LogP) is 2.39. The Balaban J connectivity index is 1.62. The van der Waals surface area contributed by atoms with Gasteiger partial charge in [-0.3, -0.25) is 4.57 Å². The van der Waals surface area contributed by atoms with Gasteiger partial charge in [0.15, 0.2) is 11.8 Å². The molecule has 1 aromatic heterocycles. The fourth-order valence-electron chi connectivity index (χ4n) is 3.01. The van der Waals surface area contributed by atoms with Gasteiger partial charge in [0, 0.05) is 11.7 Å². The Morgan fingerprint density at radius 1 is 1.17 bits per heavy atom. The average Bonchev–Trinajstić information content (AvgIpc) is 2.91. The summed E-state index contributed by atoms with van der Waals surface area (Å²) in [5.74, 6) is 1.28. The van der Waals surface area contributed by atoms with Crippen LogP contribution >= 0.6 is 0 Å². The maximum absolute atomic E-state index is 6.04. The van der Waals surface area contributed by atoms with Gasteiger partial charge in [-0.05, 0) is 25.0 Å². The first-order valence-corrected chi connectivity index (χ1v) is 8.34. The van der Waals surface area contributed by atoms with Gasteiger partial charge in [-0.1, -0.05) is 43.9 Å². The van der Waals surface area contributed by atoms with Crippen molar-refractivity contribution >= 4 is 5.96 Å². The van der Waals surface area contributed by atoms with Crippen molar-refractivity contribution in [3.8, 4) is 5.69 Å². The highest BCUT2D eigenvalue weighted by atomic mass is 15.3. The molecular formula is C17H24N6. The number of aliphatic imine (C=N–C) groups is 1. The van der Waals surface area contributed by atoms with E-state index in [4.69, 9.17) is 5.73 Å². The number of nitrogens with zero attached hydrogens (tertiary/aromatic N) is 4. The van der Waals surface area contributed by atoms with Crippen LogP contribution in [0.5, 0.6) is 0 Å². The summed E-state index contributed by atoms with van der Waals surface area (Å²) < 4.78 is 1.93. The molecule has 3 rings (SSSR count). The Morgan fingerprint density at radius 3 is 2.65 bits per heavy atom. The average molecular weight is 312 g/mol. The van der Waals surface area contributed by atoms with Gasteiger partial charge >= 0.3 is 0 Å². The highest BCUT2D eigenvalue weighted by molar-refractivity contribution is 5.78. The van der Waals surface area contributed by atoms with Crippen LogP contribution < -0.4 is 11.1 Å². The molecule has 1 heterocycles. The summed E-state index contributed by atoms with van der Waals surface area (Å²) in [5, 5.41) is 11.5. The molecule has 6 heteroatoms. The number of nitrogens with two attached hydrogens (primary N) is 1. The molecule has 122 valence electrons. The normalized spacial score (nSPS) is 17.0. The molecule has 0 radical (unpaired) electrons. The maximum atomic E-state index is 6.04. The van der Waals surface area contributed by atoms with E-state index in [-0.39, 0.29) is 0 Å². The van der Waals surface area contributed by atoms with Gasteiger partial charge < -0.3 is 11.1 Å². The molecule has 1 aromatic carbocycles. The first kappa shape index (κ1) is 15.5. The van der Waals surface area contributed by atoms with Gasteiger partial charge in [-0.15, -0.1) is 10.2 Å². The summed E-state index contributed by atoms with van der Waals surface area (Å²) in [5.41, 5.74) is 7.07. The Morgan fingerprint density at radius 2 is 1.91 bits per heavy atom. The number of guanidine groups is 1. The second-order valence-electron chi connectivity index (χ2n) is 5.99. The van der Waals surface area contributed by atoms with E-state index in [1.807, 2.05) is 34.9 Å². The minimum Gasteiger partial charge on any atom is -0.370 e. The van der Waals surface area contributed by atoms with Crippen LogP contribution in [0.4, 0.5) is 0 Å². The van der Waals surface area contributed by atoms with Gasteiger partial charge in [0.25, 0.3) is 0 Å². The second-order valence-corrected chi connectivity index (χ2v) is 5.99. The van der Waals surface area contributed by atoms with E-state index in [9.17, 15) is 0 Å². The molecule has 0 amide bonds. The number of hydrogen-bond acceptors (Lipinski definition) is 3. The molecule has 23 heavy (non-hydrogen) atoms. The van der Waals surface area contributed by atoms with Gasteiger partial charge in [0.2, 0.25) is 0 Å². The second kappa shape index (κ2) is 7.76. The molecule has 1 aliphatic carbocycles. The third-order valence-electron chi connectivity index (χ3n) is 4.25. The summed E-state index contributed by atoms with van der Waals surface area (Å²) in [6, 6.07) is 10.5. The lowest BCUT2D eigenvalue weighted by Gasteiger charge is -2.16. The van der Waals surface area contributed by atoms with Crippen molar-refractivity contribution in [1.29, 1.82) is 0 Å². The molecule has 0 saturated heterocycles. The minimum absolute atomic E-state index is 0.417. The SMILES string of the molecule is NC(=NCc1nncn1-c1ccccc1)NC1CCCCCC1. The number of para-hydroxylation sites is 1. The fraction of sp³-hybridized carbons (Fsp3) is 0.471. The van der Waals surface area contributed by atoms with Gasteiger partial charge in [0.1, 0.15) is 12.9 Å². The van der Waals surface area contributed by atoms with Crippen LogP contribution in [-0.2, 0) is 6.54 Å². The number of benzene rings is 1. The van der Waals surface area contributed by atoms with E-state index < -0.39 is 0 Å². The van der Waals surface area contributed by atoms with Crippen molar-refractivity contribution < 1.29 is 0 Å². The van der Waals surface area contributed by atoms with Crippen LogP contribution in [-0.4, -0.2) is 26.8 Å². The van der Waals surface area contributed by atoms with Gasteiger partial charge in [-0.2, -0.15) is 0 Å². The van der Waals surface area contributed by atoms with E-state index in [1.165, 1.54) is 38.5 Å². The molecule has 1 aliphatic rings. The van der Waals surface area contributed by atoms with Crippen molar-refractivity contribution in [3.05, 3.63) is 42.5 Å². The summed E-state index contributed by atoms with van der Waals surface area (Å²) in [4.78, 5) is 4.44. The highest BCUT2D eigenvalue weighted by Gasteiger charge is 2.12. The zero-order valence-electron chi connectivity index (χ0n) is 13.4. The summed E-state index contributed by atoms with van der Waals surface area (Å²) in [6.45, 7) is 0.417. The van der Waals surface area contributed by atoms with Crippen molar-refractivity contribution in [2.24, 2.45) is 10.7 Å². The van der Waals surface area contributed by atoms with Crippen molar-refractivity contribution in [2.75, 3.05) is 0 Å². The molecule has 1 saturated carbocycles. The van der Waals surface area contributed by atoms with E-state index in [0.29, 0.717) is 18.5 Å². The summed E-state index contributed by atoms with van der Waals surface area (Å²) in [7, 11) is 0. The van der Waals surface area contributed by atoms with Crippen LogP contribution in [0.15, 0.2) is 41.7 Å². The molecular weight excluding hydrogens is 288 g/mol. The third kappa shape index (κ3) is 4.31. The molecule has 0 atom stereocenters. The maximum Gasteiger partial charge on any atom is 0.189 e. The van der Waals surface area contributed by atoms with E-state index in [1.54, 1.807) is 6.33 Å². The lowest BCUT2D eigenvalue weighted by molar-refractivity contribution is 0.530. The molecule has 3 N–H and O–H groups in total. The molecule has 0 aliphatic heterocycles. The van der Waals surface area contributed by atoms with E-state index in [0.717, 1.165) is 11.5 Å². The lowest BCUT2D eigenvalue weighted by atomic mass is 10.1. The van der Waals surface area contributed by atoms with Crippen LogP contribution in [0.25, 0.3) is 5.69 Å². The quantitative estimate of drug-likeness (QED) is 0.516. The zero-order chi connectivity index (χ0) is 15.9. The molecule has 0 unspecified atom stereocenters. The summed E-state index contributed by atoms with van der Waals surface area (Å²) >= 11 is 0. The lowest BCUT2D eigenvalue weighted by Crippen LogP contribution is -2.39. The third-order valence-corrected chi connectivity index (χ3v) is 4.25. The van der Waals surface area contributed by atoms with Crippen LogP contribution in [0.1, 0.15) is 44.3 Å². The van der Waals surface area contributed by atoms with Crippen LogP contribution in [0, 0.1) is 0 Å². The first-order valence-electron chi connectivity index (χ1n) is 8.34. The Labute approximate surface area is 136 Å². The molecule has 0 spiro atoms. The molecule has 0 bridgehead atoms. The van der Waals surface area contributed by atoms with Gasteiger partial charge in [0.05, 0.1) is 0 Å².